The monoisotopic (exact) mass is 312 g/mol. The Bertz CT molecular complexity index is 297. The molecule has 0 rings (SSSR count). The summed E-state index contributed by atoms with van der Waals surface area (Å²) < 4.78 is 0. The van der Waals surface area contributed by atoms with E-state index in [0.29, 0.717) is 5.32 Å². The first-order chi connectivity index (χ1) is 7.88. The van der Waals surface area contributed by atoms with Crippen LogP contribution in [-0.2, 0) is 14.4 Å². The van der Waals surface area contributed by atoms with Crippen molar-refractivity contribution in [1.29, 1.82) is 0 Å². The molecule has 0 spiro atoms. The number of rotatable bonds is 8. The Kier molecular flexibility index (Phi) is 7.52. The third-order valence-electron chi connectivity index (χ3n) is 1.97. The van der Waals surface area contributed by atoms with Gasteiger partial charge < -0.3 is 0 Å². The standard InChI is InChI=1S/C9H16N2O5Se/c1-17-4-6(9(15)16)11-7(12)3-2-5(10)8(13)14/h5-6H,2-4,10H2,1H3,(H,11,12)(H,13,14)(H,15,16). The number of hydrogen-bond acceptors (Lipinski definition) is 4. The molecule has 0 aliphatic heterocycles. The van der Waals surface area contributed by atoms with Gasteiger partial charge in [-0.15, -0.1) is 0 Å². The number of amides is 1. The third-order valence-corrected chi connectivity index (χ3v) is 3.36. The first-order valence-electron chi connectivity index (χ1n) is 4.88. The van der Waals surface area contributed by atoms with Gasteiger partial charge in [-0.3, -0.25) is 0 Å². The second kappa shape index (κ2) is 8.05. The molecule has 0 aliphatic rings. The molecule has 0 fully saturated rings. The van der Waals surface area contributed by atoms with Gasteiger partial charge in [-0.25, -0.2) is 0 Å². The molecule has 0 aromatic rings. The molecule has 98 valence electrons. The molecular weight excluding hydrogens is 295 g/mol. The van der Waals surface area contributed by atoms with Crippen LogP contribution in [0.25, 0.3) is 0 Å². The molecule has 7 nitrogen and oxygen atoms in total. The topological polar surface area (TPSA) is 130 Å². The van der Waals surface area contributed by atoms with Crippen molar-refractivity contribution in [3.63, 3.8) is 0 Å². The van der Waals surface area contributed by atoms with Crippen molar-refractivity contribution in [2.75, 3.05) is 0 Å². The van der Waals surface area contributed by atoms with Gasteiger partial charge in [0, 0.05) is 0 Å². The minimum absolute atomic E-state index is 0.00915. The van der Waals surface area contributed by atoms with Crippen LogP contribution in [-0.4, -0.2) is 55.1 Å². The molecule has 8 heteroatoms. The molecule has 5 N–H and O–H groups in total. The van der Waals surface area contributed by atoms with Gasteiger partial charge in [-0.05, 0) is 0 Å². The predicted molar refractivity (Wildman–Crippen MR) is 60.8 cm³/mol. The fourth-order valence-electron chi connectivity index (χ4n) is 1.02. The molecule has 2 unspecified atom stereocenters. The Hall–Kier alpha value is -1.11. The van der Waals surface area contributed by atoms with E-state index in [9.17, 15) is 14.4 Å². The van der Waals surface area contributed by atoms with Gasteiger partial charge in [-0.2, -0.15) is 0 Å². The van der Waals surface area contributed by atoms with Gasteiger partial charge in [0.25, 0.3) is 0 Å². The average Bonchev–Trinajstić information content (AvgIpc) is 2.24. The Morgan fingerprint density at radius 1 is 1.29 bits per heavy atom. The number of nitrogens with two attached hydrogens (primary N) is 1. The summed E-state index contributed by atoms with van der Waals surface area (Å²) >= 11 is 0.133. The van der Waals surface area contributed by atoms with Gasteiger partial charge in [0.15, 0.2) is 0 Å². The molecule has 0 radical (unpaired) electrons. The van der Waals surface area contributed by atoms with Crippen LogP contribution < -0.4 is 11.1 Å². The van der Waals surface area contributed by atoms with Gasteiger partial charge in [-0.1, -0.05) is 0 Å². The number of hydrogen-bond donors (Lipinski definition) is 4. The van der Waals surface area contributed by atoms with Crippen molar-refractivity contribution in [2.24, 2.45) is 5.73 Å². The van der Waals surface area contributed by atoms with Crippen LogP contribution in [0.15, 0.2) is 0 Å². The van der Waals surface area contributed by atoms with Crippen LogP contribution in [0.2, 0.25) is 11.1 Å². The van der Waals surface area contributed by atoms with Gasteiger partial charge in [0.1, 0.15) is 0 Å². The molecule has 0 heterocycles. The minimum atomic E-state index is -1.18. The number of carboxylic acids is 2. The maximum atomic E-state index is 11.3. The van der Waals surface area contributed by atoms with Crippen LogP contribution in [0.5, 0.6) is 0 Å². The Labute approximate surface area is 105 Å². The van der Waals surface area contributed by atoms with Crippen molar-refractivity contribution >= 4 is 32.8 Å². The van der Waals surface area contributed by atoms with Crippen LogP contribution in [0.3, 0.4) is 0 Å². The number of aliphatic carboxylic acids is 2. The van der Waals surface area contributed by atoms with E-state index in [2.05, 4.69) is 5.32 Å². The zero-order chi connectivity index (χ0) is 13.4. The van der Waals surface area contributed by atoms with Crippen molar-refractivity contribution in [3.8, 4) is 0 Å². The van der Waals surface area contributed by atoms with Crippen molar-refractivity contribution < 1.29 is 24.6 Å². The maximum absolute atomic E-state index is 11.3. The van der Waals surface area contributed by atoms with Crippen LogP contribution in [0, 0.1) is 0 Å². The predicted octanol–water partition coefficient (Wildman–Crippen LogP) is -1.08. The van der Waals surface area contributed by atoms with Crippen LogP contribution in [0.4, 0.5) is 0 Å². The molecule has 1 amide bonds. The Balaban J connectivity index is 4.06. The van der Waals surface area contributed by atoms with E-state index < -0.39 is 29.9 Å². The summed E-state index contributed by atoms with van der Waals surface area (Å²) in [5.74, 6) is -0.873. The van der Waals surface area contributed by atoms with E-state index in [1.807, 2.05) is 5.82 Å². The summed E-state index contributed by atoms with van der Waals surface area (Å²) in [7, 11) is 0. The Morgan fingerprint density at radius 2 is 1.88 bits per heavy atom. The number of nitrogens with one attached hydrogen (secondary N) is 1. The molecule has 0 saturated carbocycles. The van der Waals surface area contributed by atoms with E-state index in [-0.39, 0.29) is 27.8 Å². The first kappa shape index (κ1) is 15.9. The summed E-state index contributed by atoms with van der Waals surface area (Å²) in [5.41, 5.74) is 5.22. The van der Waals surface area contributed by atoms with E-state index in [1.165, 1.54) is 0 Å². The second-order valence-corrected chi connectivity index (χ2v) is 5.31. The molecule has 0 aromatic heterocycles. The fourth-order valence-corrected chi connectivity index (χ4v) is 2.19. The van der Waals surface area contributed by atoms with Crippen molar-refractivity contribution in [2.45, 2.75) is 36.1 Å². The van der Waals surface area contributed by atoms with Crippen molar-refractivity contribution in [3.05, 3.63) is 0 Å². The third kappa shape index (κ3) is 6.93. The summed E-state index contributed by atoms with van der Waals surface area (Å²) in [6, 6.07) is -1.99. The van der Waals surface area contributed by atoms with Crippen LogP contribution in [0.1, 0.15) is 12.8 Å². The first-order valence-corrected chi connectivity index (χ1v) is 7.80. The summed E-state index contributed by atoms with van der Waals surface area (Å²) in [6.45, 7) is 0. The zero-order valence-corrected chi connectivity index (χ0v) is 11.1. The summed E-state index contributed by atoms with van der Waals surface area (Å²) in [5, 5.41) is 20.0. The zero-order valence-electron chi connectivity index (χ0n) is 9.38. The molecule has 17 heavy (non-hydrogen) atoms. The summed E-state index contributed by atoms with van der Waals surface area (Å²) in [6.07, 6.45) is -0.0985. The normalized spacial score (nSPS) is 13.8. The SMILES string of the molecule is C[Se]CC(NC(=O)CCC(N)C(=O)O)C(=O)O. The van der Waals surface area contributed by atoms with E-state index in [4.69, 9.17) is 15.9 Å². The molecule has 0 saturated heterocycles. The number of carboxylic acid groups (broad SMARTS) is 2. The number of carbonyl (C=O) groups is 3. The molecular formula is C9H16N2O5Se. The second-order valence-electron chi connectivity index (χ2n) is 3.40. The summed E-state index contributed by atoms with van der Waals surface area (Å²) in [4.78, 5) is 32.5. The molecule has 0 bridgehead atoms. The van der Waals surface area contributed by atoms with Gasteiger partial charge >= 0.3 is 105 Å². The van der Waals surface area contributed by atoms with E-state index >= 15 is 0 Å². The van der Waals surface area contributed by atoms with Gasteiger partial charge in [0.2, 0.25) is 0 Å². The van der Waals surface area contributed by atoms with Gasteiger partial charge in [0.05, 0.1) is 0 Å². The molecule has 0 aromatic carbocycles. The van der Waals surface area contributed by atoms with Crippen molar-refractivity contribution in [1.82, 2.24) is 5.32 Å². The fraction of sp³-hybridized carbons (Fsp3) is 0.667. The molecule has 2 atom stereocenters. The van der Waals surface area contributed by atoms with Crippen LogP contribution >= 0.6 is 0 Å². The average molecular weight is 311 g/mol. The number of carbonyl (C=O) groups excluding carboxylic acids is 1. The Morgan fingerprint density at radius 3 is 2.29 bits per heavy atom. The van der Waals surface area contributed by atoms with E-state index in [0.717, 1.165) is 0 Å². The quantitative estimate of drug-likeness (QED) is 0.422. The van der Waals surface area contributed by atoms with E-state index in [1.54, 1.807) is 0 Å². The molecule has 0 aliphatic carbocycles.